The molecule has 1 aromatic carbocycles. The average Bonchev–Trinajstić information content (AvgIpc) is 3.28. The topological polar surface area (TPSA) is 50.4 Å². The van der Waals surface area contributed by atoms with Gasteiger partial charge in [0, 0.05) is 6.54 Å². The Bertz CT molecular complexity index is 456. The molecule has 0 aliphatic heterocycles. The van der Waals surface area contributed by atoms with Crippen LogP contribution in [0.25, 0.3) is 0 Å². The predicted molar refractivity (Wildman–Crippen MR) is 84.2 cm³/mol. The molecule has 0 atom stereocenters. The van der Waals surface area contributed by atoms with Crippen molar-refractivity contribution in [2.45, 2.75) is 33.2 Å². The smallest absolute Gasteiger partial charge is 0.234 e. The maximum absolute atomic E-state index is 11.7. The Hall–Kier alpha value is -1.55. The zero-order valence-corrected chi connectivity index (χ0v) is 13.0. The zero-order chi connectivity index (χ0) is 15.1. The van der Waals surface area contributed by atoms with Gasteiger partial charge in [0.1, 0.15) is 5.75 Å². The molecule has 2 N–H and O–H groups in total. The van der Waals surface area contributed by atoms with E-state index in [9.17, 15) is 4.79 Å². The maximum atomic E-state index is 11.7. The summed E-state index contributed by atoms with van der Waals surface area (Å²) in [5.41, 5.74) is 1.06. The van der Waals surface area contributed by atoms with Crippen LogP contribution < -0.4 is 15.4 Å². The van der Waals surface area contributed by atoms with Crippen LogP contribution in [0.1, 0.15) is 32.3 Å². The molecule has 0 saturated heterocycles. The standard InChI is InChI=1S/C17H26N2O2/c1-13(2)12-21-16-5-3-4-15(8-16)10-19-17(20)11-18-9-14-6-7-14/h3-5,8,13-14,18H,6-7,9-12H2,1-2H3,(H,19,20). The fraction of sp³-hybridized carbons (Fsp3) is 0.588. The third-order valence-electron chi connectivity index (χ3n) is 3.39. The molecule has 2 rings (SSSR count). The van der Waals surface area contributed by atoms with Crippen LogP contribution >= 0.6 is 0 Å². The second-order valence-electron chi connectivity index (χ2n) is 6.20. The number of rotatable bonds is 9. The Morgan fingerprint density at radius 3 is 2.90 bits per heavy atom. The molecule has 0 radical (unpaired) electrons. The number of hydrogen-bond donors (Lipinski definition) is 2. The van der Waals surface area contributed by atoms with Crippen LogP contribution in [-0.4, -0.2) is 25.6 Å². The van der Waals surface area contributed by atoms with Gasteiger partial charge >= 0.3 is 0 Å². The molecule has 0 heterocycles. The summed E-state index contributed by atoms with van der Waals surface area (Å²) in [5.74, 6) is 2.21. The minimum absolute atomic E-state index is 0.0455. The van der Waals surface area contributed by atoms with Gasteiger partial charge in [0.2, 0.25) is 5.91 Å². The van der Waals surface area contributed by atoms with Crippen molar-refractivity contribution in [3.8, 4) is 5.75 Å². The molecule has 1 saturated carbocycles. The first kappa shape index (κ1) is 15.8. The van der Waals surface area contributed by atoms with E-state index in [1.54, 1.807) is 0 Å². The lowest BCUT2D eigenvalue weighted by Gasteiger charge is -2.11. The Kier molecular flexibility index (Phi) is 6.05. The molecule has 4 heteroatoms. The van der Waals surface area contributed by atoms with Crippen molar-refractivity contribution in [2.75, 3.05) is 19.7 Å². The third-order valence-corrected chi connectivity index (χ3v) is 3.39. The van der Waals surface area contributed by atoms with Crippen LogP contribution in [0.2, 0.25) is 0 Å². The second kappa shape index (κ2) is 8.03. The van der Waals surface area contributed by atoms with E-state index in [0.717, 1.165) is 23.8 Å². The van der Waals surface area contributed by atoms with Crippen LogP contribution in [0, 0.1) is 11.8 Å². The minimum Gasteiger partial charge on any atom is -0.493 e. The molecule has 0 bridgehead atoms. The number of nitrogens with one attached hydrogen (secondary N) is 2. The third kappa shape index (κ3) is 6.63. The Morgan fingerprint density at radius 2 is 2.19 bits per heavy atom. The van der Waals surface area contributed by atoms with Gasteiger partial charge in [0.05, 0.1) is 13.2 Å². The lowest BCUT2D eigenvalue weighted by Crippen LogP contribution is -2.34. The molecule has 1 amide bonds. The summed E-state index contributed by atoms with van der Waals surface area (Å²) in [6, 6.07) is 7.90. The number of hydrogen-bond acceptors (Lipinski definition) is 3. The van der Waals surface area contributed by atoms with Gasteiger partial charge in [-0.05, 0) is 48.9 Å². The molecule has 1 aromatic rings. The van der Waals surface area contributed by atoms with Gasteiger partial charge in [-0.25, -0.2) is 0 Å². The second-order valence-corrected chi connectivity index (χ2v) is 6.20. The number of carbonyl (C=O) groups excluding carboxylic acids is 1. The summed E-state index contributed by atoms with van der Waals surface area (Å²) in [5, 5.41) is 6.12. The van der Waals surface area contributed by atoms with Crippen molar-refractivity contribution in [1.29, 1.82) is 0 Å². The lowest BCUT2D eigenvalue weighted by atomic mass is 10.2. The van der Waals surface area contributed by atoms with E-state index in [1.807, 2.05) is 24.3 Å². The zero-order valence-electron chi connectivity index (χ0n) is 13.0. The van der Waals surface area contributed by atoms with Gasteiger partial charge in [0.25, 0.3) is 0 Å². The van der Waals surface area contributed by atoms with Crippen molar-refractivity contribution in [2.24, 2.45) is 11.8 Å². The van der Waals surface area contributed by atoms with E-state index in [-0.39, 0.29) is 5.91 Å². The number of benzene rings is 1. The molecular weight excluding hydrogens is 264 g/mol. The van der Waals surface area contributed by atoms with Crippen LogP contribution in [0.5, 0.6) is 5.75 Å². The van der Waals surface area contributed by atoms with Crippen molar-refractivity contribution >= 4 is 5.91 Å². The van der Waals surface area contributed by atoms with Gasteiger partial charge in [-0.2, -0.15) is 0 Å². The van der Waals surface area contributed by atoms with Gasteiger partial charge in [-0.3, -0.25) is 4.79 Å². The first-order valence-corrected chi connectivity index (χ1v) is 7.82. The monoisotopic (exact) mass is 290 g/mol. The fourth-order valence-electron chi connectivity index (χ4n) is 1.98. The highest BCUT2D eigenvalue weighted by Gasteiger charge is 2.20. The average molecular weight is 290 g/mol. The highest BCUT2D eigenvalue weighted by molar-refractivity contribution is 5.77. The van der Waals surface area contributed by atoms with Crippen LogP contribution in [0.3, 0.4) is 0 Å². The lowest BCUT2D eigenvalue weighted by molar-refractivity contribution is -0.120. The van der Waals surface area contributed by atoms with Crippen LogP contribution in [-0.2, 0) is 11.3 Å². The first-order valence-electron chi connectivity index (χ1n) is 7.82. The number of carbonyl (C=O) groups is 1. The van der Waals surface area contributed by atoms with E-state index in [4.69, 9.17) is 4.74 Å². The summed E-state index contributed by atoms with van der Waals surface area (Å²) in [6.45, 7) is 6.87. The van der Waals surface area contributed by atoms with Gasteiger partial charge < -0.3 is 15.4 Å². The summed E-state index contributed by atoms with van der Waals surface area (Å²) in [6.07, 6.45) is 2.61. The Morgan fingerprint density at radius 1 is 1.38 bits per heavy atom. The molecule has 0 spiro atoms. The highest BCUT2D eigenvalue weighted by Crippen LogP contribution is 2.27. The molecular formula is C17H26N2O2. The fourth-order valence-corrected chi connectivity index (χ4v) is 1.98. The molecule has 1 fully saturated rings. The molecule has 0 aromatic heterocycles. The first-order chi connectivity index (χ1) is 10.1. The Labute approximate surface area is 127 Å². The van der Waals surface area contributed by atoms with E-state index in [2.05, 4.69) is 24.5 Å². The summed E-state index contributed by atoms with van der Waals surface area (Å²) in [4.78, 5) is 11.7. The molecule has 116 valence electrons. The minimum atomic E-state index is 0.0455. The number of ether oxygens (including phenoxy) is 1. The van der Waals surface area contributed by atoms with Crippen molar-refractivity contribution in [1.82, 2.24) is 10.6 Å². The van der Waals surface area contributed by atoms with Gasteiger partial charge in [-0.1, -0.05) is 26.0 Å². The summed E-state index contributed by atoms with van der Waals surface area (Å²) >= 11 is 0. The van der Waals surface area contributed by atoms with Crippen molar-refractivity contribution in [3.05, 3.63) is 29.8 Å². The number of amides is 1. The van der Waals surface area contributed by atoms with Crippen LogP contribution in [0.4, 0.5) is 0 Å². The molecule has 1 aliphatic carbocycles. The van der Waals surface area contributed by atoms with E-state index in [1.165, 1.54) is 12.8 Å². The predicted octanol–water partition coefficient (Wildman–Crippen LogP) is 2.34. The highest BCUT2D eigenvalue weighted by atomic mass is 16.5. The van der Waals surface area contributed by atoms with Crippen molar-refractivity contribution in [3.63, 3.8) is 0 Å². The SMILES string of the molecule is CC(C)COc1cccc(CNC(=O)CNCC2CC2)c1. The summed E-state index contributed by atoms with van der Waals surface area (Å²) in [7, 11) is 0. The van der Waals surface area contributed by atoms with E-state index < -0.39 is 0 Å². The summed E-state index contributed by atoms with van der Waals surface area (Å²) < 4.78 is 5.69. The maximum Gasteiger partial charge on any atom is 0.234 e. The molecule has 4 nitrogen and oxygen atoms in total. The molecule has 1 aliphatic rings. The molecule has 21 heavy (non-hydrogen) atoms. The van der Waals surface area contributed by atoms with Gasteiger partial charge in [-0.15, -0.1) is 0 Å². The van der Waals surface area contributed by atoms with Crippen molar-refractivity contribution < 1.29 is 9.53 Å². The largest absolute Gasteiger partial charge is 0.493 e. The Balaban J connectivity index is 1.68. The van der Waals surface area contributed by atoms with Gasteiger partial charge in [0.15, 0.2) is 0 Å². The molecule has 0 unspecified atom stereocenters. The van der Waals surface area contributed by atoms with E-state index >= 15 is 0 Å². The van der Waals surface area contributed by atoms with Crippen LogP contribution in [0.15, 0.2) is 24.3 Å². The normalized spacial score (nSPS) is 14.2. The quantitative estimate of drug-likeness (QED) is 0.734. The van der Waals surface area contributed by atoms with E-state index in [0.29, 0.717) is 25.6 Å².